The maximum atomic E-state index is 12.4. The number of hydrogen-bond acceptors (Lipinski definition) is 2. The van der Waals surface area contributed by atoms with E-state index in [1.807, 2.05) is 62.4 Å². The van der Waals surface area contributed by atoms with Crippen molar-refractivity contribution >= 4 is 22.9 Å². The number of rotatable bonds is 3. The van der Waals surface area contributed by atoms with Crippen LogP contribution in [0.2, 0.25) is 0 Å². The molecule has 1 nitrogen and oxygen atoms in total. The largest absolute Gasteiger partial charge is 0.288 e. The number of aryl methyl sites for hydroxylation is 2. The van der Waals surface area contributed by atoms with Crippen LogP contribution in [-0.2, 0) is 0 Å². The van der Waals surface area contributed by atoms with Crippen molar-refractivity contribution < 1.29 is 4.79 Å². The van der Waals surface area contributed by atoms with Gasteiger partial charge in [0.25, 0.3) is 0 Å². The second kappa shape index (κ2) is 5.23. The number of thiocarbonyl (C=S) groups is 1. The first-order valence-electron chi connectivity index (χ1n) is 5.81. The van der Waals surface area contributed by atoms with Crippen LogP contribution in [0, 0.1) is 13.8 Å². The summed E-state index contributed by atoms with van der Waals surface area (Å²) >= 11 is 5.32. The number of Topliss-reactive ketones (excluding diaryl/α,β-unsaturated/α-hetero) is 1. The van der Waals surface area contributed by atoms with Gasteiger partial charge in [-0.2, -0.15) is 0 Å². The standard InChI is InChI=1S/C16H14OS/c1-11-7-3-5-9-13(11)15(17)16(18)14-10-6-4-8-12(14)2/h3-10H,1-2H3. The molecule has 2 heteroatoms. The van der Waals surface area contributed by atoms with Gasteiger partial charge in [0.1, 0.15) is 0 Å². The van der Waals surface area contributed by atoms with Gasteiger partial charge in [-0.15, -0.1) is 0 Å². The van der Waals surface area contributed by atoms with Crippen molar-refractivity contribution in [3.63, 3.8) is 0 Å². The van der Waals surface area contributed by atoms with Crippen LogP contribution in [-0.4, -0.2) is 10.6 Å². The molecule has 2 aromatic carbocycles. The summed E-state index contributed by atoms with van der Waals surface area (Å²) < 4.78 is 0. The highest BCUT2D eigenvalue weighted by atomic mass is 32.1. The molecule has 0 unspecified atom stereocenters. The lowest BCUT2D eigenvalue weighted by molar-refractivity contribution is 0.106. The zero-order valence-corrected chi connectivity index (χ0v) is 11.3. The van der Waals surface area contributed by atoms with E-state index in [2.05, 4.69) is 0 Å². The van der Waals surface area contributed by atoms with E-state index in [4.69, 9.17) is 12.2 Å². The lowest BCUT2D eigenvalue weighted by Gasteiger charge is -2.08. The summed E-state index contributed by atoms with van der Waals surface area (Å²) in [4.78, 5) is 12.8. The van der Waals surface area contributed by atoms with Gasteiger partial charge >= 0.3 is 0 Å². The Morgan fingerprint density at radius 2 is 1.28 bits per heavy atom. The number of benzene rings is 2. The van der Waals surface area contributed by atoms with Crippen LogP contribution in [0.4, 0.5) is 0 Å². The van der Waals surface area contributed by atoms with E-state index in [0.29, 0.717) is 10.4 Å². The molecular weight excluding hydrogens is 240 g/mol. The number of hydrogen-bond donors (Lipinski definition) is 0. The predicted molar refractivity (Wildman–Crippen MR) is 78.4 cm³/mol. The molecule has 0 saturated heterocycles. The molecule has 0 amide bonds. The van der Waals surface area contributed by atoms with Crippen LogP contribution in [0.3, 0.4) is 0 Å². The minimum atomic E-state index is -0.0719. The third-order valence-electron chi connectivity index (χ3n) is 2.99. The Morgan fingerprint density at radius 3 is 1.78 bits per heavy atom. The molecule has 2 aromatic rings. The molecule has 0 saturated carbocycles. The van der Waals surface area contributed by atoms with Crippen molar-refractivity contribution in [3.05, 3.63) is 70.8 Å². The van der Waals surface area contributed by atoms with Crippen molar-refractivity contribution in [2.75, 3.05) is 0 Å². The Hall–Kier alpha value is -1.80. The van der Waals surface area contributed by atoms with Crippen LogP contribution in [0.1, 0.15) is 27.0 Å². The Labute approximate surface area is 112 Å². The quantitative estimate of drug-likeness (QED) is 0.610. The third-order valence-corrected chi connectivity index (χ3v) is 3.39. The van der Waals surface area contributed by atoms with Crippen LogP contribution < -0.4 is 0 Å². The smallest absolute Gasteiger partial charge is 0.204 e. The Morgan fingerprint density at radius 1 is 0.833 bits per heavy atom. The van der Waals surface area contributed by atoms with E-state index in [-0.39, 0.29) is 5.78 Å². The predicted octanol–water partition coefficient (Wildman–Crippen LogP) is 3.90. The van der Waals surface area contributed by atoms with Gasteiger partial charge in [0.05, 0.1) is 4.86 Å². The summed E-state index contributed by atoms with van der Waals surface area (Å²) in [6, 6.07) is 15.2. The first-order chi connectivity index (χ1) is 8.61. The SMILES string of the molecule is Cc1ccccc1C(=O)C(=S)c1ccccc1C. The first-order valence-corrected chi connectivity index (χ1v) is 6.22. The Balaban J connectivity index is 2.39. The zero-order valence-electron chi connectivity index (χ0n) is 10.4. The van der Waals surface area contributed by atoms with Gasteiger partial charge in [0, 0.05) is 5.56 Å². The molecule has 0 spiro atoms. The maximum absolute atomic E-state index is 12.4. The van der Waals surface area contributed by atoms with Crippen LogP contribution in [0.15, 0.2) is 48.5 Å². The average Bonchev–Trinajstić information content (AvgIpc) is 2.38. The van der Waals surface area contributed by atoms with E-state index in [9.17, 15) is 4.79 Å². The van der Waals surface area contributed by atoms with Crippen molar-refractivity contribution in [2.45, 2.75) is 13.8 Å². The van der Waals surface area contributed by atoms with Gasteiger partial charge in [-0.3, -0.25) is 4.79 Å². The molecule has 18 heavy (non-hydrogen) atoms. The monoisotopic (exact) mass is 254 g/mol. The van der Waals surface area contributed by atoms with Gasteiger partial charge in [-0.1, -0.05) is 60.7 Å². The van der Waals surface area contributed by atoms with E-state index in [1.54, 1.807) is 0 Å². The molecule has 0 heterocycles. The average molecular weight is 254 g/mol. The summed E-state index contributed by atoms with van der Waals surface area (Å²) in [7, 11) is 0. The highest BCUT2D eigenvalue weighted by Gasteiger charge is 2.16. The van der Waals surface area contributed by atoms with Crippen molar-refractivity contribution in [1.82, 2.24) is 0 Å². The van der Waals surface area contributed by atoms with E-state index in [1.165, 1.54) is 0 Å². The molecule has 0 aliphatic heterocycles. The lowest BCUT2D eigenvalue weighted by Crippen LogP contribution is -2.15. The van der Waals surface area contributed by atoms with Crippen molar-refractivity contribution in [2.24, 2.45) is 0 Å². The summed E-state index contributed by atoms with van der Waals surface area (Å²) in [6.45, 7) is 3.89. The number of ketones is 1. The van der Waals surface area contributed by atoms with Crippen LogP contribution >= 0.6 is 12.2 Å². The van der Waals surface area contributed by atoms with Gasteiger partial charge < -0.3 is 0 Å². The molecule has 0 aliphatic carbocycles. The molecule has 90 valence electrons. The van der Waals surface area contributed by atoms with Gasteiger partial charge in [-0.05, 0) is 30.5 Å². The normalized spacial score (nSPS) is 10.1. The zero-order chi connectivity index (χ0) is 13.1. The molecule has 2 rings (SSSR count). The Kier molecular flexibility index (Phi) is 3.68. The molecule has 0 N–H and O–H groups in total. The fourth-order valence-corrected chi connectivity index (χ4v) is 2.24. The number of carbonyl (C=O) groups is 1. The van der Waals surface area contributed by atoms with Gasteiger partial charge in [0.15, 0.2) is 0 Å². The van der Waals surface area contributed by atoms with Crippen LogP contribution in [0.25, 0.3) is 0 Å². The lowest BCUT2D eigenvalue weighted by atomic mass is 9.97. The molecule has 0 radical (unpaired) electrons. The van der Waals surface area contributed by atoms with E-state index in [0.717, 1.165) is 16.7 Å². The maximum Gasteiger partial charge on any atom is 0.204 e. The fraction of sp³-hybridized carbons (Fsp3) is 0.125. The molecule has 0 fully saturated rings. The van der Waals surface area contributed by atoms with Crippen molar-refractivity contribution in [3.8, 4) is 0 Å². The summed E-state index contributed by atoms with van der Waals surface area (Å²) in [6.07, 6.45) is 0. The Bertz CT molecular complexity index is 558. The summed E-state index contributed by atoms with van der Waals surface area (Å²) in [5.41, 5.74) is 3.52. The second-order valence-electron chi connectivity index (χ2n) is 4.29. The molecule has 0 bridgehead atoms. The summed E-state index contributed by atoms with van der Waals surface area (Å²) in [5, 5.41) is 0. The molecular formula is C16H14OS. The number of carbonyl (C=O) groups excluding carboxylic acids is 1. The van der Waals surface area contributed by atoms with Gasteiger partial charge in [-0.25, -0.2) is 0 Å². The topological polar surface area (TPSA) is 17.1 Å². The highest BCUT2D eigenvalue weighted by Crippen LogP contribution is 2.15. The molecule has 0 atom stereocenters. The van der Waals surface area contributed by atoms with Gasteiger partial charge in [0.2, 0.25) is 5.78 Å². The fourth-order valence-electron chi connectivity index (χ4n) is 1.90. The molecule has 0 aliphatic rings. The highest BCUT2D eigenvalue weighted by molar-refractivity contribution is 7.82. The van der Waals surface area contributed by atoms with Crippen molar-refractivity contribution in [1.29, 1.82) is 0 Å². The first kappa shape index (κ1) is 12.7. The van der Waals surface area contributed by atoms with Crippen LogP contribution in [0.5, 0.6) is 0 Å². The minimum Gasteiger partial charge on any atom is -0.288 e. The minimum absolute atomic E-state index is 0.0719. The second-order valence-corrected chi connectivity index (χ2v) is 4.70. The van der Waals surface area contributed by atoms with E-state index < -0.39 is 0 Å². The molecule has 0 aromatic heterocycles. The third kappa shape index (κ3) is 2.39. The van der Waals surface area contributed by atoms with E-state index >= 15 is 0 Å². The summed E-state index contributed by atoms with van der Waals surface area (Å²) in [5.74, 6) is -0.0719.